The largest absolute Gasteiger partial charge is 0.314 e. The van der Waals surface area contributed by atoms with E-state index in [0.29, 0.717) is 6.04 Å². The quantitative estimate of drug-likeness (QED) is 0.744. The van der Waals surface area contributed by atoms with Gasteiger partial charge in [0.25, 0.3) is 0 Å². The highest BCUT2D eigenvalue weighted by atomic mass is 35.5. The first kappa shape index (κ1) is 22.3. The SMILES string of the molecule is CC(C)CC[C@H](c1cc(Cl)cc(Cl)c1)N1CCNCC1.Cl.Cl. The van der Waals surface area contributed by atoms with E-state index < -0.39 is 0 Å². The van der Waals surface area contributed by atoms with Crippen molar-refractivity contribution in [1.29, 1.82) is 0 Å². The monoisotopic (exact) mass is 386 g/mol. The summed E-state index contributed by atoms with van der Waals surface area (Å²) < 4.78 is 0. The van der Waals surface area contributed by atoms with Gasteiger partial charge in [0, 0.05) is 42.3 Å². The van der Waals surface area contributed by atoms with Crippen molar-refractivity contribution in [2.24, 2.45) is 5.92 Å². The van der Waals surface area contributed by atoms with Crippen molar-refractivity contribution < 1.29 is 0 Å². The van der Waals surface area contributed by atoms with Crippen molar-refractivity contribution in [3.63, 3.8) is 0 Å². The Balaban J connectivity index is 0.00000220. The van der Waals surface area contributed by atoms with Crippen LogP contribution < -0.4 is 5.32 Å². The van der Waals surface area contributed by atoms with Gasteiger partial charge < -0.3 is 5.32 Å². The number of nitrogens with one attached hydrogen (secondary N) is 1. The number of hydrogen-bond acceptors (Lipinski definition) is 2. The van der Waals surface area contributed by atoms with Crippen LogP contribution in [0.15, 0.2) is 18.2 Å². The summed E-state index contributed by atoms with van der Waals surface area (Å²) in [6.45, 7) is 8.86. The summed E-state index contributed by atoms with van der Waals surface area (Å²) in [4.78, 5) is 2.56. The summed E-state index contributed by atoms with van der Waals surface area (Å²) in [7, 11) is 0. The smallest absolute Gasteiger partial charge is 0.0424 e. The zero-order valence-electron chi connectivity index (χ0n) is 13.1. The molecule has 1 aromatic carbocycles. The molecule has 1 aromatic rings. The molecule has 1 heterocycles. The third-order valence-corrected chi connectivity index (χ3v) is 4.32. The Kier molecular flexibility index (Phi) is 11.1. The summed E-state index contributed by atoms with van der Waals surface area (Å²) in [5.74, 6) is 0.718. The number of halogens is 4. The molecule has 0 spiro atoms. The average Bonchev–Trinajstić information content (AvgIpc) is 2.38. The number of nitrogens with zero attached hydrogens (tertiary/aromatic N) is 1. The zero-order chi connectivity index (χ0) is 14.5. The predicted molar refractivity (Wildman–Crippen MR) is 102 cm³/mol. The maximum absolute atomic E-state index is 6.18. The highest BCUT2D eigenvalue weighted by molar-refractivity contribution is 6.34. The third-order valence-electron chi connectivity index (χ3n) is 3.88. The number of hydrogen-bond donors (Lipinski definition) is 1. The van der Waals surface area contributed by atoms with Crippen LogP contribution in [-0.2, 0) is 0 Å². The van der Waals surface area contributed by atoms with Crippen LogP contribution in [0.1, 0.15) is 38.3 Å². The number of benzene rings is 1. The summed E-state index contributed by atoms with van der Waals surface area (Å²) >= 11 is 12.4. The van der Waals surface area contributed by atoms with Crippen LogP contribution in [0.25, 0.3) is 0 Å². The molecule has 0 aromatic heterocycles. The molecule has 2 rings (SSSR count). The fourth-order valence-corrected chi connectivity index (χ4v) is 3.36. The molecule has 22 heavy (non-hydrogen) atoms. The van der Waals surface area contributed by atoms with Gasteiger partial charge in [0.2, 0.25) is 0 Å². The van der Waals surface area contributed by atoms with Gasteiger partial charge in [-0.2, -0.15) is 0 Å². The van der Waals surface area contributed by atoms with E-state index in [4.69, 9.17) is 23.2 Å². The van der Waals surface area contributed by atoms with Crippen LogP contribution in [0.2, 0.25) is 10.0 Å². The topological polar surface area (TPSA) is 15.3 Å². The molecule has 128 valence electrons. The van der Waals surface area contributed by atoms with Crippen molar-refractivity contribution in [3.05, 3.63) is 33.8 Å². The fraction of sp³-hybridized carbons (Fsp3) is 0.625. The predicted octanol–water partition coefficient (Wildman–Crippen LogP) is 5.22. The second kappa shape index (κ2) is 11.0. The molecule has 6 heteroatoms. The van der Waals surface area contributed by atoms with E-state index in [0.717, 1.165) is 48.6 Å². The highest BCUT2D eigenvalue weighted by Gasteiger charge is 2.22. The van der Waals surface area contributed by atoms with Crippen LogP contribution in [0.3, 0.4) is 0 Å². The molecule has 0 aliphatic carbocycles. The second-order valence-electron chi connectivity index (χ2n) is 5.98. The minimum Gasteiger partial charge on any atom is -0.314 e. The molecule has 2 nitrogen and oxygen atoms in total. The molecule has 0 radical (unpaired) electrons. The number of rotatable bonds is 5. The van der Waals surface area contributed by atoms with E-state index in [1.165, 1.54) is 12.0 Å². The summed E-state index contributed by atoms with van der Waals surface area (Å²) in [5, 5.41) is 4.88. The van der Waals surface area contributed by atoms with Crippen LogP contribution in [0.5, 0.6) is 0 Å². The van der Waals surface area contributed by atoms with Gasteiger partial charge in [-0.1, -0.05) is 37.0 Å². The highest BCUT2D eigenvalue weighted by Crippen LogP contribution is 2.31. The first-order chi connectivity index (χ1) is 9.56. The van der Waals surface area contributed by atoms with Crippen LogP contribution in [0.4, 0.5) is 0 Å². The molecule has 1 aliphatic heterocycles. The standard InChI is InChI=1S/C16H24Cl2N2.2ClH/c1-12(2)3-4-16(20-7-5-19-6-8-20)13-9-14(17)11-15(18)10-13;;/h9-12,16,19H,3-8H2,1-2H3;2*1H/t16-;;/m1../s1. The summed E-state index contributed by atoms with van der Waals surface area (Å²) in [5.41, 5.74) is 1.25. The Morgan fingerprint density at radius 1 is 1.00 bits per heavy atom. The van der Waals surface area contributed by atoms with Gasteiger partial charge in [0.05, 0.1) is 0 Å². The molecule has 0 amide bonds. The Morgan fingerprint density at radius 2 is 1.55 bits per heavy atom. The maximum Gasteiger partial charge on any atom is 0.0424 e. The van der Waals surface area contributed by atoms with Gasteiger partial charge >= 0.3 is 0 Å². The van der Waals surface area contributed by atoms with Gasteiger partial charge in [0.1, 0.15) is 0 Å². The van der Waals surface area contributed by atoms with Crippen molar-refractivity contribution in [3.8, 4) is 0 Å². The van der Waals surface area contributed by atoms with Gasteiger partial charge in [-0.15, -0.1) is 24.8 Å². The first-order valence-electron chi connectivity index (χ1n) is 7.47. The average molecular weight is 388 g/mol. The number of piperazine rings is 1. The van der Waals surface area contributed by atoms with E-state index in [9.17, 15) is 0 Å². The van der Waals surface area contributed by atoms with Gasteiger partial charge in [-0.25, -0.2) is 0 Å². The molecular formula is C16H26Cl4N2. The van der Waals surface area contributed by atoms with E-state index in [2.05, 4.69) is 36.2 Å². The van der Waals surface area contributed by atoms with E-state index in [-0.39, 0.29) is 24.8 Å². The molecule has 1 N–H and O–H groups in total. The Morgan fingerprint density at radius 3 is 2.05 bits per heavy atom. The van der Waals surface area contributed by atoms with Gasteiger partial charge in [-0.3, -0.25) is 4.90 Å². The fourth-order valence-electron chi connectivity index (χ4n) is 2.81. The van der Waals surface area contributed by atoms with Gasteiger partial charge in [0.15, 0.2) is 0 Å². The minimum absolute atomic E-state index is 0. The lowest BCUT2D eigenvalue weighted by molar-refractivity contribution is 0.160. The molecule has 0 bridgehead atoms. The third kappa shape index (κ3) is 6.82. The molecule has 1 atom stereocenters. The maximum atomic E-state index is 6.18. The summed E-state index contributed by atoms with van der Waals surface area (Å²) in [6.07, 6.45) is 2.38. The van der Waals surface area contributed by atoms with E-state index in [1.54, 1.807) is 0 Å². The Labute approximate surface area is 156 Å². The summed E-state index contributed by atoms with van der Waals surface area (Å²) in [6, 6.07) is 6.38. The Hall–Kier alpha value is 0.300. The molecule has 1 fully saturated rings. The van der Waals surface area contributed by atoms with Crippen molar-refractivity contribution in [2.45, 2.75) is 32.7 Å². The molecule has 0 saturated carbocycles. The lowest BCUT2D eigenvalue weighted by Crippen LogP contribution is -2.45. The van der Waals surface area contributed by atoms with Crippen LogP contribution >= 0.6 is 48.0 Å². The molecule has 1 saturated heterocycles. The first-order valence-corrected chi connectivity index (χ1v) is 8.22. The van der Waals surface area contributed by atoms with E-state index in [1.807, 2.05) is 6.07 Å². The lowest BCUT2D eigenvalue weighted by atomic mass is 9.96. The van der Waals surface area contributed by atoms with Crippen molar-refractivity contribution >= 4 is 48.0 Å². The molecule has 1 aliphatic rings. The molecular weight excluding hydrogens is 362 g/mol. The van der Waals surface area contributed by atoms with E-state index >= 15 is 0 Å². The normalized spacial score (nSPS) is 16.8. The molecule has 0 unspecified atom stereocenters. The van der Waals surface area contributed by atoms with Crippen molar-refractivity contribution in [2.75, 3.05) is 26.2 Å². The lowest BCUT2D eigenvalue weighted by Gasteiger charge is -2.36. The van der Waals surface area contributed by atoms with Crippen LogP contribution in [0, 0.1) is 5.92 Å². The second-order valence-corrected chi connectivity index (χ2v) is 6.85. The van der Waals surface area contributed by atoms with Crippen LogP contribution in [-0.4, -0.2) is 31.1 Å². The van der Waals surface area contributed by atoms with Crippen molar-refractivity contribution in [1.82, 2.24) is 10.2 Å². The zero-order valence-corrected chi connectivity index (χ0v) is 16.3. The Bertz CT molecular complexity index is 414. The minimum atomic E-state index is 0. The van der Waals surface area contributed by atoms with Gasteiger partial charge in [-0.05, 0) is 42.5 Å².